The van der Waals surface area contributed by atoms with Crippen molar-refractivity contribution in [3.8, 4) is 0 Å². The molecule has 0 aliphatic heterocycles. The van der Waals surface area contributed by atoms with Crippen LogP contribution in [0.2, 0.25) is 0 Å². The van der Waals surface area contributed by atoms with Crippen molar-refractivity contribution in [3.05, 3.63) is 66.3 Å². The highest BCUT2D eigenvalue weighted by Gasteiger charge is 2.04. The summed E-state index contributed by atoms with van der Waals surface area (Å²) in [4.78, 5) is 15.6. The molecule has 17 heavy (non-hydrogen) atoms. The Labute approximate surface area is 98.5 Å². The summed E-state index contributed by atoms with van der Waals surface area (Å²) in [5.41, 5.74) is 1.45. The predicted molar refractivity (Wildman–Crippen MR) is 61.4 cm³/mol. The lowest BCUT2D eigenvalue weighted by molar-refractivity contribution is -0.904. The average Bonchev–Trinajstić information content (AvgIpc) is 2.38. The van der Waals surface area contributed by atoms with Gasteiger partial charge in [0.15, 0.2) is 5.78 Å². The third-order valence-electron chi connectivity index (χ3n) is 2.23. The van der Waals surface area contributed by atoms with Crippen LogP contribution in [-0.4, -0.2) is 16.0 Å². The van der Waals surface area contributed by atoms with Crippen LogP contribution in [0.25, 0.3) is 6.08 Å². The largest absolute Gasteiger partial charge is 0.289 e. The molecule has 2 heterocycles. The van der Waals surface area contributed by atoms with Gasteiger partial charge in [0.25, 0.3) is 0 Å². The summed E-state index contributed by atoms with van der Waals surface area (Å²) in [5.74, 6) is -0.109. The van der Waals surface area contributed by atoms with Crippen LogP contribution in [-0.2, 0) is 0 Å². The zero-order valence-corrected chi connectivity index (χ0v) is 9.02. The summed E-state index contributed by atoms with van der Waals surface area (Å²) in [6, 6.07) is 6.74. The van der Waals surface area contributed by atoms with Gasteiger partial charge in [-0.15, -0.1) is 0 Å². The van der Waals surface area contributed by atoms with Crippen LogP contribution >= 0.6 is 0 Å². The van der Waals surface area contributed by atoms with E-state index in [-0.39, 0.29) is 5.78 Å². The second kappa shape index (κ2) is 5.03. The molecule has 2 aromatic rings. The van der Waals surface area contributed by atoms with E-state index in [9.17, 15) is 4.79 Å². The molecule has 0 saturated heterocycles. The SMILES string of the molecule is O=C(C=Cc1ccncc1)c1cc[n+](O)cc1. The van der Waals surface area contributed by atoms with Crippen LogP contribution in [0, 0.1) is 0 Å². The summed E-state index contributed by atoms with van der Waals surface area (Å²) >= 11 is 0. The summed E-state index contributed by atoms with van der Waals surface area (Å²) in [6.45, 7) is 0. The third-order valence-corrected chi connectivity index (χ3v) is 2.23. The van der Waals surface area contributed by atoms with Crippen molar-refractivity contribution in [2.75, 3.05) is 0 Å². The number of aromatic nitrogens is 2. The fourth-order valence-corrected chi connectivity index (χ4v) is 1.33. The summed E-state index contributed by atoms with van der Waals surface area (Å²) < 4.78 is 0.892. The zero-order chi connectivity index (χ0) is 12.1. The van der Waals surface area contributed by atoms with Crippen molar-refractivity contribution in [2.24, 2.45) is 0 Å². The van der Waals surface area contributed by atoms with Gasteiger partial charge in [0.05, 0.1) is 0 Å². The number of carbonyl (C=O) groups is 1. The van der Waals surface area contributed by atoms with E-state index in [1.807, 2.05) is 12.1 Å². The second-order valence-electron chi connectivity index (χ2n) is 3.44. The maximum absolute atomic E-state index is 11.7. The Balaban J connectivity index is 2.12. The number of pyridine rings is 2. The first-order chi connectivity index (χ1) is 8.25. The van der Waals surface area contributed by atoms with Crippen molar-refractivity contribution in [1.29, 1.82) is 0 Å². The van der Waals surface area contributed by atoms with E-state index in [1.165, 1.54) is 18.5 Å². The van der Waals surface area contributed by atoms with Gasteiger partial charge in [0.2, 0.25) is 12.4 Å². The lowest BCUT2D eigenvalue weighted by atomic mass is 10.1. The molecule has 4 heteroatoms. The zero-order valence-electron chi connectivity index (χ0n) is 9.02. The van der Waals surface area contributed by atoms with Gasteiger partial charge in [0, 0.05) is 34.8 Å². The molecule has 0 bridgehead atoms. The molecule has 0 aliphatic carbocycles. The van der Waals surface area contributed by atoms with Gasteiger partial charge in [0.1, 0.15) is 0 Å². The minimum atomic E-state index is -0.109. The molecule has 4 nitrogen and oxygen atoms in total. The molecule has 84 valence electrons. The van der Waals surface area contributed by atoms with Gasteiger partial charge < -0.3 is 0 Å². The molecular formula is C13H11N2O2+. The van der Waals surface area contributed by atoms with Gasteiger partial charge in [-0.25, -0.2) is 0 Å². The molecular weight excluding hydrogens is 216 g/mol. The number of allylic oxidation sites excluding steroid dienone is 1. The normalized spacial score (nSPS) is 10.6. The Morgan fingerprint density at radius 1 is 1.18 bits per heavy atom. The highest BCUT2D eigenvalue weighted by Crippen LogP contribution is 2.03. The molecule has 0 spiro atoms. The van der Waals surface area contributed by atoms with Gasteiger partial charge in [-0.3, -0.25) is 15.0 Å². The van der Waals surface area contributed by atoms with Crippen LogP contribution in [0.3, 0.4) is 0 Å². The van der Waals surface area contributed by atoms with E-state index in [1.54, 1.807) is 30.6 Å². The van der Waals surface area contributed by atoms with Gasteiger partial charge in [-0.1, -0.05) is 6.08 Å². The number of hydrogen-bond donors (Lipinski definition) is 1. The van der Waals surface area contributed by atoms with Crippen molar-refractivity contribution >= 4 is 11.9 Å². The van der Waals surface area contributed by atoms with Crippen LogP contribution in [0.4, 0.5) is 0 Å². The molecule has 0 amide bonds. The Hall–Kier alpha value is -2.49. The van der Waals surface area contributed by atoms with E-state index in [0.717, 1.165) is 10.3 Å². The Kier molecular flexibility index (Phi) is 3.25. The van der Waals surface area contributed by atoms with E-state index in [0.29, 0.717) is 5.56 Å². The Morgan fingerprint density at radius 2 is 1.82 bits per heavy atom. The molecule has 1 N–H and O–H groups in total. The smallest absolute Gasteiger partial charge is 0.223 e. The van der Waals surface area contributed by atoms with Crippen molar-refractivity contribution in [2.45, 2.75) is 0 Å². The van der Waals surface area contributed by atoms with E-state index >= 15 is 0 Å². The molecule has 0 radical (unpaired) electrons. The minimum absolute atomic E-state index is 0.109. The lowest BCUT2D eigenvalue weighted by Gasteiger charge is -1.93. The molecule has 0 atom stereocenters. The van der Waals surface area contributed by atoms with Crippen LogP contribution in [0.15, 0.2) is 55.1 Å². The van der Waals surface area contributed by atoms with Gasteiger partial charge >= 0.3 is 0 Å². The van der Waals surface area contributed by atoms with Crippen molar-refractivity contribution in [1.82, 2.24) is 4.98 Å². The van der Waals surface area contributed by atoms with E-state index in [4.69, 9.17) is 5.21 Å². The Bertz CT molecular complexity index is 533. The topological polar surface area (TPSA) is 54.1 Å². The number of hydrogen-bond acceptors (Lipinski definition) is 3. The quantitative estimate of drug-likeness (QED) is 0.374. The first kappa shape index (κ1) is 11.0. The Morgan fingerprint density at radius 3 is 2.47 bits per heavy atom. The summed E-state index contributed by atoms with van der Waals surface area (Å²) in [7, 11) is 0. The van der Waals surface area contributed by atoms with Gasteiger partial charge in [-0.2, -0.15) is 0 Å². The maximum atomic E-state index is 11.7. The van der Waals surface area contributed by atoms with E-state index < -0.39 is 0 Å². The molecule has 2 rings (SSSR count). The van der Waals surface area contributed by atoms with Crippen LogP contribution in [0.1, 0.15) is 15.9 Å². The number of rotatable bonds is 3. The van der Waals surface area contributed by atoms with Gasteiger partial charge in [-0.05, 0) is 23.8 Å². The third kappa shape index (κ3) is 2.98. The van der Waals surface area contributed by atoms with Crippen molar-refractivity contribution < 1.29 is 14.7 Å². The second-order valence-corrected chi connectivity index (χ2v) is 3.44. The standard InChI is InChI=1S/C13H11N2O2/c16-13(12-5-9-15(17)10-6-12)2-1-11-3-7-14-8-4-11/h1-10,17H/q+1. The fourth-order valence-electron chi connectivity index (χ4n) is 1.33. The van der Waals surface area contributed by atoms with Crippen molar-refractivity contribution in [3.63, 3.8) is 0 Å². The first-order valence-electron chi connectivity index (χ1n) is 5.09. The minimum Gasteiger partial charge on any atom is -0.289 e. The summed E-state index contributed by atoms with van der Waals surface area (Å²) in [6.07, 6.45) is 9.38. The van der Waals surface area contributed by atoms with E-state index in [2.05, 4.69) is 4.98 Å². The number of carbonyl (C=O) groups excluding carboxylic acids is 1. The molecule has 0 aliphatic rings. The molecule has 0 aromatic carbocycles. The highest BCUT2D eigenvalue weighted by molar-refractivity contribution is 6.06. The number of ketones is 1. The molecule has 0 unspecified atom stereocenters. The van der Waals surface area contributed by atoms with Crippen LogP contribution < -0.4 is 4.73 Å². The maximum Gasteiger partial charge on any atom is 0.223 e. The molecule has 0 saturated carbocycles. The highest BCUT2D eigenvalue weighted by atomic mass is 16.5. The first-order valence-corrected chi connectivity index (χ1v) is 5.09. The average molecular weight is 227 g/mol. The monoisotopic (exact) mass is 227 g/mol. The summed E-state index contributed by atoms with van der Waals surface area (Å²) in [5, 5.41) is 9.03. The lowest BCUT2D eigenvalue weighted by Crippen LogP contribution is -2.28. The fraction of sp³-hybridized carbons (Fsp3) is 0. The molecule has 0 fully saturated rings. The van der Waals surface area contributed by atoms with Crippen LogP contribution in [0.5, 0.6) is 0 Å². The molecule has 2 aromatic heterocycles. The predicted octanol–water partition coefficient (Wildman–Crippen LogP) is 1.50. The number of nitrogens with zero attached hydrogens (tertiary/aromatic N) is 2.